The predicted molar refractivity (Wildman–Crippen MR) is 85.4 cm³/mol. The van der Waals surface area contributed by atoms with Crippen LogP contribution in [-0.4, -0.2) is 29.8 Å². The number of carbonyl (C=O) groups excluding carboxylic acids is 1. The molecule has 0 aromatic carbocycles. The summed E-state index contributed by atoms with van der Waals surface area (Å²) < 4.78 is 5.35. The van der Waals surface area contributed by atoms with Gasteiger partial charge in [0.1, 0.15) is 5.60 Å². The van der Waals surface area contributed by atoms with E-state index in [1.54, 1.807) is 0 Å². The number of carbonyl (C=O) groups is 1. The van der Waals surface area contributed by atoms with Crippen LogP contribution in [0.2, 0.25) is 0 Å². The molecular formula is C17H32N2O2. The van der Waals surface area contributed by atoms with Gasteiger partial charge in [-0.2, -0.15) is 0 Å². The van der Waals surface area contributed by atoms with E-state index in [9.17, 15) is 4.79 Å². The quantitative estimate of drug-likeness (QED) is 0.836. The van der Waals surface area contributed by atoms with Gasteiger partial charge < -0.3 is 15.4 Å². The van der Waals surface area contributed by atoms with Crippen LogP contribution < -0.4 is 10.6 Å². The van der Waals surface area contributed by atoms with Gasteiger partial charge in [0.2, 0.25) is 0 Å². The van der Waals surface area contributed by atoms with Crippen molar-refractivity contribution in [3.8, 4) is 0 Å². The molecule has 122 valence electrons. The van der Waals surface area contributed by atoms with E-state index in [1.807, 2.05) is 20.8 Å². The van der Waals surface area contributed by atoms with E-state index in [0.29, 0.717) is 12.1 Å². The standard InChI is InChI=1S/C17H32N2O2/c1-12-8-9-15(10-12)18-13-6-5-7-14(11-13)19-16(20)21-17(2,3)4/h12-15,18H,5-11H2,1-4H3,(H,19,20). The second-order valence-electron chi connectivity index (χ2n) is 7.99. The molecule has 4 unspecified atom stereocenters. The van der Waals surface area contributed by atoms with Crippen LogP contribution >= 0.6 is 0 Å². The molecule has 1 amide bonds. The first-order chi connectivity index (χ1) is 9.82. The van der Waals surface area contributed by atoms with Crippen molar-refractivity contribution < 1.29 is 9.53 Å². The molecule has 0 radical (unpaired) electrons. The maximum Gasteiger partial charge on any atom is 0.407 e. The van der Waals surface area contributed by atoms with Gasteiger partial charge >= 0.3 is 6.09 Å². The lowest BCUT2D eigenvalue weighted by atomic mass is 9.90. The second-order valence-corrected chi connectivity index (χ2v) is 7.99. The summed E-state index contributed by atoms with van der Waals surface area (Å²) in [6, 6.07) is 1.49. The molecule has 4 atom stereocenters. The minimum Gasteiger partial charge on any atom is -0.444 e. The van der Waals surface area contributed by atoms with E-state index in [-0.39, 0.29) is 12.1 Å². The zero-order chi connectivity index (χ0) is 15.5. The highest BCUT2D eigenvalue weighted by molar-refractivity contribution is 5.68. The average molecular weight is 296 g/mol. The summed E-state index contributed by atoms with van der Waals surface area (Å²) in [5.74, 6) is 0.863. The summed E-state index contributed by atoms with van der Waals surface area (Å²) in [5.41, 5.74) is -0.420. The van der Waals surface area contributed by atoms with E-state index in [4.69, 9.17) is 4.74 Å². The second kappa shape index (κ2) is 6.99. The molecule has 2 fully saturated rings. The number of hydrogen-bond donors (Lipinski definition) is 2. The van der Waals surface area contributed by atoms with Crippen LogP contribution in [0.3, 0.4) is 0 Å². The van der Waals surface area contributed by atoms with Gasteiger partial charge in [0.05, 0.1) is 0 Å². The summed E-state index contributed by atoms with van der Waals surface area (Å²) in [7, 11) is 0. The van der Waals surface area contributed by atoms with Gasteiger partial charge in [-0.1, -0.05) is 6.92 Å². The lowest BCUT2D eigenvalue weighted by Crippen LogP contribution is -2.47. The lowest BCUT2D eigenvalue weighted by Gasteiger charge is -2.33. The average Bonchev–Trinajstić information content (AvgIpc) is 2.72. The Kier molecular flexibility index (Phi) is 5.53. The molecule has 4 nitrogen and oxygen atoms in total. The van der Waals surface area contributed by atoms with Crippen molar-refractivity contribution in [3.63, 3.8) is 0 Å². The molecule has 0 bridgehead atoms. The molecule has 0 saturated heterocycles. The van der Waals surface area contributed by atoms with Crippen LogP contribution in [-0.2, 0) is 4.74 Å². The first-order valence-electron chi connectivity index (χ1n) is 8.57. The van der Waals surface area contributed by atoms with Crippen LogP contribution in [0.25, 0.3) is 0 Å². The van der Waals surface area contributed by atoms with E-state index < -0.39 is 5.60 Å². The lowest BCUT2D eigenvalue weighted by molar-refractivity contribution is 0.0488. The number of alkyl carbamates (subject to hydrolysis) is 1. The maximum absolute atomic E-state index is 11.9. The third-order valence-electron chi connectivity index (χ3n) is 4.56. The van der Waals surface area contributed by atoms with Crippen molar-refractivity contribution in [2.75, 3.05) is 0 Å². The highest BCUT2D eigenvalue weighted by atomic mass is 16.6. The Morgan fingerprint density at radius 2 is 1.67 bits per heavy atom. The fraction of sp³-hybridized carbons (Fsp3) is 0.941. The molecule has 2 saturated carbocycles. The Morgan fingerprint density at radius 1 is 1.00 bits per heavy atom. The zero-order valence-electron chi connectivity index (χ0n) is 14.1. The Hall–Kier alpha value is -0.770. The first kappa shape index (κ1) is 16.6. The SMILES string of the molecule is CC1CCC(NC2CCCC(NC(=O)OC(C)(C)C)C2)C1. The first-order valence-corrected chi connectivity index (χ1v) is 8.57. The molecule has 0 heterocycles. The van der Waals surface area contributed by atoms with Gasteiger partial charge in [-0.3, -0.25) is 0 Å². The number of nitrogens with one attached hydrogen (secondary N) is 2. The molecule has 2 N–H and O–H groups in total. The highest BCUT2D eigenvalue weighted by Gasteiger charge is 2.28. The van der Waals surface area contributed by atoms with Crippen LogP contribution in [0.15, 0.2) is 0 Å². The van der Waals surface area contributed by atoms with Gasteiger partial charge in [-0.15, -0.1) is 0 Å². The summed E-state index contributed by atoms with van der Waals surface area (Å²) in [4.78, 5) is 11.9. The Labute approximate surface area is 129 Å². The number of ether oxygens (including phenoxy) is 1. The van der Waals surface area contributed by atoms with Crippen LogP contribution in [0.4, 0.5) is 4.79 Å². The Morgan fingerprint density at radius 3 is 2.29 bits per heavy atom. The fourth-order valence-corrected chi connectivity index (χ4v) is 3.64. The minimum atomic E-state index is -0.420. The minimum absolute atomic E-state index is 0.255. The molecule has 0 aromatic heterocycles. The molecule has 21 heavy (non-hydrogen) atoms. The summed E-state index contributed by atoms with van der Waals surface area (Å²) in [6.45, 7) is 8.05. The van der Waals surface area contributed by atoms with Gasteiger partial charge in [0.25, 0.3) is 0 Å². The molecule has 0 spiro atoms. The van der Waals surface area contributed by atoms with Crippen molar-refractivity contribution in [3.05, 3.63) is 0 Å². The van der Waals surface area contributed by atoms with Gasteiger partial charge in [0.15, 0.2) is 0 Å². The maximum atomic E-state index is 11.9. The molecule has 2 aliphatic rings. The van der Waals surface area contributed by atoms with Crippen molar-refractivity contribution in [2.45, 2.75) is 96.4 Å². The highest BCUT2D eigenvalue weighted by Crippen LogP contribution is 2.27. The fourth-order valence-electron chi connectivity index (χ4n) is 3.64. The molecule has 4 heteroatoms. The molecule has 2 rings (SSSR count). The van der Waals surface area contributed by atoms with Gasteiger partial charge in [-0.25, -0.2) is 4.79 Å². The zero-order valence-corrected chi connectivity index (χ0v) is 14.1. The molecular weight excluding hydrogens is 264 g/mol. The monoisotopic (exact) mass is 296 g/mol. The van der Waals surface area contributed by atoms with E-state index in [2.05, 4.69) is 17.6 Å². The van der Waals surface area contributed by atoms with Gasteiger partial charge in [0, 0.05) is 18.1 Å². The molecule has 0 aromatic rings. The number of hydrogen-bond acceptors (Lipinski definition) is 3. The predicted octanol–water partition coefficient (Wildman–Crippen LogP) is 3.60. The summed E-state index contributed by atoms with van der Waals surface area (Å²) in [5, 5.41) is 6.85. The molecule has 2 aliphatic carbocycles. The van der Waals surface area contributed by atoms with Crippen molar-refractivity contribution in [1.29, 1.82) is 0 Å². The van der Waals surface area contributed by atoms with Gasteiger partial charge in [-0.05, 0) is 71.6 Å². The van der Waals surface area contributed by atoms with Crippen molar-refractivity contribution >= 4 is 6.09 Å². The topological polar surface area (TPSA) is 50.4 Å². The summed E-state index contributed by atoms with van der Waals surface area (Å²) >= 11 is 0. The van der Waals surface area contributed by atoms with Crippen molar-refractivity contribution in [1.82, 2.24) is 10.6 Å². The van der Waals surface area contributed by atoms with Crippen LogP contribution in [0, 0.1) is 5.92 Å². The Balaban J connectivity index is 1.74. The smallest absolute Gasteiger partial charge is 0.407 e. The third kappa shape index (κ3) is 5.85. The number of rotatable bonds is 3. The van der Waals surface area contributed by atoms with Crippen LogP contribution in [0.1, 0.15) is 72.6 Å². The van der Waals surface area contributed by atoms with E-state index >= 15 is 0 Å². The largest absolute Gasteiger partial charge is 0.444 e. The third-order valence-corrected chi connectivity index (χ3v) is 4.56. The Bertz CT molecular complexity index is 351. The van der Waals surface area contributed by atoms with E-state index in [0.717, 1.165) is 18.8 Å². The normalized spacial score (nSPS) is 33.7. The summed E-state index contributed by atoms with van der Waals surface area (Å²) in [6.07, 6.45) is 8.20. The molecule has 0 aliphatic heterocycles. The van der Waals surface area contributed by atoms with Crippen molar-refractivity contribution in [2.24, 2.45) is 5.92 Å². The van der Waals surface area contributed by atoms with Crippen LogP contribution in [0.5, 0.6) is 0 Å². The van der Waals surface area contributed by atoms with E-state index in [1.165, 1.54) is 32.1 Å². The number of amides is 1.